The molecule has 1 aromatic rings. The second-order valence-electron chi connectivity index (χ2n) is 3.16. The first-order chi connectivity index (χ1) is 6.79. The van der Waals surface area contributed by atoms with Gasteiger partial charge in [0, 0.05) is 13.7 Å². The Hall–Kier alpha value is -0.420. The van der Waals surface area contributed by atoms with Gasteiger partial charge in [0.1, 0.15) is 0 Å². The van der Waals surface area contributed by atoms with Gasteiger partial charge in [0.05, 0.1) is 23.3 Å². The molecule has 1 atom stereocenters. The van der Waals surface area contributed by atoms with Crippen LogP contribution in [0.4, 0.5) is 0 Å². The van der Waals surface area contributed by atoms with Crippen LogP contribution in [-0.2, 0) is 11.3 Å². The lowest BCUT2D eigenvalue weighted by atomic mass is 10.3. The molecule has 0 aromatic carbocycles. The van der Waals surface area contributed by atoms with E-state index in [0.717, 1.165) is 25.1 Å². The molecule has 1 rings (SSSR count). The molecular weight excluding hydrogens is 246 g/mol. The van der Waals surface area contributed by atoms with Crippen LogP contribution in [0.5, 0.6) is 0 Å². The van der Waals surface area contributed by atoms with Crippen LogP contribution in [0.2, 0.25) is 0 Å². The fourth-order valence-corrected chi connectivity index (χ4v) is 1.84. The number of alkyl halides is 1. The minimum absolute atomic E-state index is 0.180. The first-order valence-corrected chi connectivity index (χ1v) is 5.72. The van der Waals surface area contributed by atoms with Crippen LogP contribution in [-0.4, -0.2) is 28.7 Å². The normalized spacial score (nSPS) is 13.1. The number of halogens is 1. The SMILES string of the molecule is CCCCn1nncc1C(Br)COC. The summed E-state index contributed by atoms with van der Waals surface area (Å²) in [5, 5.41) is 7.94. The average molecular weight is 262 g/mol. The summed E-state index contributed by atoms with van der Waals surface area (Å²) in [6.45, 7) is 3.73. The third kappa shape index (κ3) is 3.06. The third-order valence-corrected chi connectivity index (χ3v) is 2.74. The van der Waals surface area contributed by atoms with Crippen molar-refractivity contribution in [2.75, 3.05) is 13.7 Å². The number of methoxy groups -OCH3 is 1. The van der Waals surface area contributed by atoms with E-state index >= 15 is 0 Å². The largest absolute Gasteiger partial charge is 0.383 e. The third-order valence-electron chi connectivity index (χ3n) is 2.01. The molecule has 0 radical (unpaired) electrons. The molecule has 0 bridgehead atoms. The van der Waals surface area contributed by atoms with Crippen molar-refractivity contribution in [1.29, 1.82) is 0 Å². The van der Waals surface area contributed by atoms with Crippen LogP contribution in [0.3, 0.4) is 0 Å². The Kier molecular flexibility index (Phi) is 5.11. The summed E-state index contributed by atoms with van der Waals surface area (Å²) in [7, 11) is 1.69. The minimum atomic E-state index is 0.180. The first kappa shape index (κ1) is 11.7. The van der Waals surface area contributed by atoms with E-state index in [9.17, 15) is 0 Å². The zero-order valence-electron chi connectivity index (χ0n) is 8.61. The van der Waals surface area contributed by atoms with E-state index < -0.39 is 0 Å². The van der Waals surface area contributed by atoms with E-state index in [2.05, 4.69) is 33.2 Å². The van der Waals surface area contributed by atoms with Crippen LogP contribution in [0.25, 0.3) is 0 Å². The van der Waals surface area contributed by atoms with Crippen LogP contribution < -0.4 is 0 Å². The molecule has 0 amide bonds. The number of ether oxygens (including phenoxy) is 1. The summed E-state index contributed by atoms with van der Waals surface area (Å²) in [4.78, 5) is 0.180. The average Bonchev–Trinajstić information content (AvgIpc) is 2.63. The predicted molar refractivity (Wildman–Crippen MR) is 58.5 cm³/mol. The Balaban J connectivity index is 2.61. The van der Waals surface area contributed by atoms with E-state index in [1.165, 1.54) is 0 Å². The molecule has 1 heterocycles. The van der Waals surface area contributed by atoms with Gasteiger partial charge in [-0.25, -0.2) is 4.68 Å². The van der Waals surface area contributed by atoms with Gasteiger partial charge in [-0.2, -0.15) is 0 Å². The highest BCUT2D eigenvalue weighted by molar-refractivity contribution is 9.09. The second kappa shape index (κ2) is 6.14. The van der Waals surface area contributed by atoms with Gasteiger partial charge >= 0.3 is 0 Å². The number of nitrogens with zero attached hydrogens (tertiary/aromatic N) is 3. The van der Waals surface area contributed by atoms with Gasteiger partial charge in [-0.3, -0.25) is 0 Å². The van der Waals surface area contributed by atoms with Crippen molar-refractivity contribution >= 4 is 15.9 Å². The smallest absolute Gasteiger partial charge is 0.0814 e. The van der Waals surface area contributed by atoms with Gasteiger partial charge < -0.3 is 4.74 Å². The summed E-state index contributed by atoms with van der Waals surface area (Å²) in [5.41, 5.74) is 1.08. The lowest BCUT2D eigenvalue weighted by Crippen LogP contribution is -2.09. The number of rotatable bonds is 6. The van der Waals surface area contributed by atoms with Crippen molar-refractivity contribution in [2.24, 2.45) is 0 Å². The molecule has 1 aromatic heterocycles. The van der Waals surface area contributed by atoms with Gasteiger partial charge in [0.25, 0.3) is 0 Å². The van der Waals surface area contributed by atoms with Crippen molar-refractivity contribution in [2.45, 2.75) is 31.1 Å². The van der Waals surface area contributed by atoms with Gasteiger partial charge in [-0.15, -0.1) is 5.10 Å². The molecule has 0 aliphatic heterocycles. The molecule has 0 N–H and O–H groups in total. The molecule has 0 aliphatic rings. The topological polar surface area (TPSA) is 39.9 Å². The summed E-state index contributed by atoms with van der Waals surface area (Å²) in [6, 6.07) is 0. The molecule has 0 saturated carbocycles. The van der Waals surface area contributed by atoms with Crippen molar-refractivity contribution in [1.82, 2.24) is 15.0 Å². The fourth-order valence-electron chi connectivity index (χ4n) is 1.22. The number of hydrogen-bond donors (Lipinski definition) is 0. The summed E-state index contributed by atoms with van der Waals surface area (Å²) < 4.78 is 7.00. The molecule has 14 heavy (non-hydrogen) atoms. The fraction of sp³-hybridized carbons (Fsp3) is 0.778. The summed E-state index contributed by atoms with van der Waals surface area (Å²) in [5.74, 6) is 0. The molecule has 5 heteroatoms. The maximum atomic E-state index is 5.07. The predicted octanol–water partition coefficient (Wildman–Crippen LogP) is 2.16. The van der Waals surface area contributed by atoms with Crippen molar-refractivity contribution in [3.05, 3.63) is 11.9 Å². The van der Waals surface area contributed by atoms with E-state index in [4.69, 9.17) is 4.74 Å². The highest BCUT2D eigenvalue weighted by atomic mass is 79.9. The van der Waals surface area contributed by atoms with E-state index in [1.807, 2.05) is 4.68 Å². The first-order valence-electron chi connectivity index (χ1n) is 4.81. The molecule has 80 valence electrons. The number of unbranched alkanes of at least 4 members (excludes halogenated alkanes) is 1. The number of aryl methyl sites for hydroxylation is 1. The van der Waals surface area contributed by atoms with Crippen molar-refractivity contribution in [3.63, 3.8) is 0 Å². The minimum Gasteiger partial charge on any atom is -0.383 e. The summed E-state index contributed by atoms with van der Waals surface area (Å²) in [6.07, 6.45) is 4.08. The van der Waals surface area contributed by atoms with Crippen LogP contribution in [0.15, 0.2) is 6.20 Å². The van der Waals surface area contributed by atoms with Gasteiger partial charge in [0.15, 0.2) is 0 Å². The van der Waals surface area contributed by atoms with Crippen molar-refractivity contribution < 1.29 is 4.74 Å². The lowest BCUT2D eigenvalue weighted by Gasteiger charge is -2.10. The van der Waals surface area contributed by atoms with Crippen LogP contribution in [0, 0.1) is 0 Å². The Morgan fingerprint density at radius 3 is 3.07 bits per heavy atom. The molecule has 0 aliphatic carbocycles. The number of aromatic nitrogens is 3. The van der Waals surface area contributed by atoms with E-state index in [-0.39, 0.29) is 4.83 Å². The molecular formula is C9H16BrN3O. The molecule has 0 saturated heterocycles. The van der Waals surface area contributed by atoms with Crippen LogP contribution >= 0.6 is 15.9 Å². The van der Waals surface area contributed by atoms with Crippen LogP contribution in [0.1, 0.15) is 30.3 Å². The Morgan fingerprint density at radius 2 is 2.43 bits per heavy atom. The van der Waals surface area contributed by atoms with Gasteiger partial charge in [0.2, 0.25) is 0 Å². The molecule has 0 fully saturated rings. The number of hydrogen-bond acceptors (Lipinski definition) is 3. The highest BCUT2D eigenvalue weighted by Crippen LogP contribution is 2.21. The quantitative estimate of drug-likeness (QED) is 0.737. The zero-order valence-corrected chi connectivity index (χ0v) is 10.2. The van der Waals surface area contributed by atoms with Crippen molar-refractivity contribution in [3.8, 4) is 0 Å². The Bertz CT molecular complexity index is 264. The maximum Gasteiger partial charge on any atom is 0.0814 e. The van der Waals surface area contributed by atoms with Gasteiger partial charge in [-0.05, 0) is 6.42 Å². The molecule has 0 spiro atoms. The monoisotopic (exact) mass is 261 g/mol. The lowest BCUT2D eigenvalue weighted by molar-refractivity contribution is 0.199. The maximum absolute atomic E-state index is 5.07. The highest BCUT2D eigenvalue weighted by Gasteiger charge is 2.13. The van der Waals surface area contributed by atoms with E-state index in [1.54, 1.807) is 13.3 Å². The Morgan fingerprint density at radius 1 is 1.64 bits per heavy atom. The Labute approximate surface area is 92.8 Å². The standard InChI is InChI=1S/C9H16BrN3O/c1-3-4-5-13-9(6-11-12-13)8(10)7-14-2/h6,8H,3-5,7H2,1-2H3. The molecule has 1 unspecified atom stereocenters. The summed E-state index contributed by atoms with van der Waals surface area (Å²) >= 11 is 3.54. The zero-order chi connectivity index (χ0) is 10.4. The van der Waals surface area contributed by atoms with E-state index in [0.29, 0.717) is 6.61 Å². The molecule has 4 nitrogen and oxygen atoms in total. The van der Waals surface area contributed by atoms with Gasteiger partial charge in [-0.1, -0.05) is 34.5 Å². The second-order valence-corrected chi connectivity index (χ2v) is 4.26.